The Hall–Kier alpha value is -1.06. The molecule has 0 aromatic heterocycles. The Kier molecular flexibility index (Phi) is 4.54. The van der Waals surface area contributed by atoms with Crippen LogP contribution in [0.25, 0.3) is 0 Å². The average molecular weight is 241 g/mol. The van der Waals surface area contributed by atoms with E-state index in [1.165, 1.54) is 0 Å². The largest absolute Gasteiger partial charge is 0.480 e. The molecule has 17 heavy (non-hydrogen) atoms. The molecule has 1 saturated carbocycles. The van der Waals surface area contributed by atoms with Crippen LogP contribution in [0.1, 0.15) is 52.9 Å². The Morgan fingerprint density at radius 1 is 1.12 bits per heavy atom. The number of amides is 1. The lowest BCUT2D eigenvalue weighted by Gasteiger charge is -2.35. The van der Waals surface area contributed by atoms with Crippen LogP contribution in [-0.4, -0.2) is 22.5 Å². The van der Waals surface area contributed by atoms with Crippen LogP contribution >= 0.6 is 0 Å². The summed E-state index contributed by atoms with van der Waals surface area (Å²) in [6, 6.07) is 0. The van der Waals surface area contributed by atoms with Crippen LogP contribution in [0, 0.1) is 11.8 Å². The molecular formula is C13H23NO3. The molecule has 0 aliphatic heterocycles. The van der Waals surface area contributed by atoms with E-state index >= 15 is 0 Å². The average Bonchev–Trinajstić information content (AvgIpc) is 2.28. The standard InChI is InChI=1S/C13H23NO3/c1-9(2)10(3)11(15)14-13(12(16)17)7-5-4-6-8-13/h9-10H,4-8H2,1-3H3,(H,14,15)(H,16,17). The molecule has 2 N–H and O–H groups in total. The molecule has 98 valence electrons. The Morgan fingerprint density at radius 3 is 2.06 bits per heavy atom. The van der Waals surface area contributed by atoms with E-state index in [1.807, 2.05) is 20.8 Å². The van der Waals surface area contributed by atoms with Crippen LogP contribution in [-0.2, 0) is 9.59 Å². The molecule has 1 rings (SSSR count). The van der Waals surface area contributed by atoms with Gasteiger partial charge in [-0.2, -0.15) is 0 Å². The summed E-state index contributed by atoms with van der Waals surface area (Å²) in [6.45, 7) is 5.79. The highest BCUT2D eigenvalue weighted by Gasteiger charge is 2.41. The van der Waals surface area contributed by atoms with Gasteiger partial charge in [0.05, 0.1) is 0 Å². The molecule has 0 spiro atoms. The van der Waals surface area contributed by atoms with Crippen molar-refractivity contribution in [3.63, 3.8) is 0 Å². The first kappa shape index (κ1) is 14.0. The first-order chi connectivity index (χ1) is 7.89. The minimum atomic E-state index is -1.02. The predicted molar refractivity (Wildman–Crippen MR) is 65.6 cm³/mol. The normalized spacial score (nSPS) is 20.9. The van der Waals surface area contributed by atoms with Crippen molar-refractivity contribution in [1.82, 2.24) is 5.32 Å². The molecule has 0 aromatic carbocycles. The van der Waals surface area contributed by atoms with Crippen molar-refractivity contribution in [3.8, 4) is 0 Å². The van der Waals surface area contributed by atoms with E-state index < -0.39 is 11.5 Å². The number of rotatable bonds is 4. The van der Waals surface area contributed by atoms with Crippen molar-refractivity contribution in [2.45, 2.75) is 58.4 Å². The van der Waals surface area contributed by atoms with Crippen molar-refractivity contribution in [2.75, 3.05) is 0 Å². The fourth-order valence-electron chi connectivity index (χ4n) is 2.20. The summed E-state index contributed by atoms with van der Waals surface area (Å²) in [5.74, 6) is -0.941. The second-order valence-corrected chi connectivity index (χ2v) is 5.47. The van der Waals surface area contributed by atoms with E-state index in [-0.39, 0.29) is 17.7 Å². The van der Waals surface area contributed by atoms with E-state index in [1.54, 1.807) is 0 Å². The third-order valence-electron chi connectivity index (χ3n) is 3.89. The molecule has 4 nitrogen and oxygen atoms in total. The molecule has 0 radical (unpaired) electrons. The molecule has 1 amide bonds. The molecule has 1 unspecified atom stereocenters. The van der Waals surface area contributed by atoms with Gasteiger partial charge in [0.1, 0.15) is 5.54 Å². The quantitative estimate of drug-likeness (QED) is 0.792. The van der Waals surface area contributed by atoms with Gasteiger partial charge in [0, 0.05) is 5.92 Å². The van der Waals surface area contributed by atoms with E-state index in [2.05, 4.69) is 5.32 Å². The molecule has 0 bridgehead atoms. The van der Waals surface area contributed by atoms with E-state index in [9.17, 15) is 14.7 Å². The number of carbonyl (C=O) groups is 2. The zero-order valence-corrected chi connectivity index (χ0v) is 11.0. The summed E-state index contributed by atoms with van der Waals surface area (Å²) in [7, 11) is 0. The van der Waals surface area contributed by atoms with Crippen LogP contribution < -0.4 is 5.32 Å². The summed E-state index contributed by atoms with van der Waals surface area (Å²) >= 11 is 0. The van der Waals surface area contributed by atoms with Gasteiger partial charge < -0.3 is 10.4 Å². The smallest absolute Gasteiger partial charge is 0.329 e. The maximum atomic E-state index is 12.0. The summed E-state index contributed by atoms with van der Waals surface area (Å²) in [6.07, 6.45) is 3.92. The number of nitrogens with one attached hydrogen (secondary N) is 1. The fourth-order valence-corrected chi connectivity index (χ4v) is 2.20. The van der Waals surface area contributed by atoms with Gasteiger partial charge in [0.2, 0.25) is 5.91 Å². The second-order valence-electron chi connectivity index (χ2n) is 5.47. The molecule has 1 fully saturated rings. The highest BCUT2D eigenvalue weighted by atomic mass is 16.4. The number of carbonyl (C=O) groups excluding carboxylic acids is 1. The molecule has 1 aliphatic rings. The van der Waals surface area contributed by atoms with Crippen molar-refractivity contribution >= 4 is 11.9 Å². The lowest BCUT2D eigenvalue weighted by atomic mass is 9.81. The Morgan fingerprint density at radius 2 is 1.65 bits per heavy atom. The molecule has 1 aliphatic carbocycles. The van der Waals surface area contributed by atoms with E-state index in [4.69, 9.17) is 0 Å². The summed E-state index contributed by atoms with van der Waals surface area (Å²) < 4.78 is 0. The van der Waals surface area contributed by atoms with Gasteiger partial charge in [-0.05, 0) is 18.8 Å². The Balaban J connectivity index is 2.73. The highest BCUT2D eigenvalue weighted by Crippen LogP contribution is 2.29. The van der Waals surface area contributed by atoms with Crippen LogP contribution in [0.4, 0.5) is 0 Å². The second kappa shape index (κ2) is 5.52. The fraction of sp³-hybridized carbons (Fsp3) is 0.846. The number of hydrogen-bond donors (Lipinski definition) is 2. The van der Waals surface area contributed by atoms with Crippen molar-refractivity contribution in [1.29, 1.82) is 0 Å². The van der Waals surface area contributed by atoms with Gasteiger partial charge in [0.15, 0.2) is 0 Å². The maximum absolute atomic E-state index is 12.0. The van der Waals surface area contributed by atoms with Crippen molar-refractivity contribution in [3.05, 3.63) is 0 Å². The Bertz CT molecular complexity index is 293. The molecule has 0 heterocycles. The lowest BCUT2D eigenvalue weighted by molar-refractivity contribution is -0.150. The minimum Gasteiger partial charge on any atom is -0.480 e. The number of aliphatic carboxylic acids is 1. The first-order valence-corrected chi connectivity index (χ1v) is 6.44. The zero-order valence-electron chi connectivity index (χ0n) is 11.0. The SMILES string of the molecule is CC(C)C(C)C(=O)NC1(C(=O)O)CCCCC1. The molecule has 1 atom stereocenters. The van der Waals surface area contributed by atoms with Gasteiger partial charge in [-0.1, -0.05) is 40.0 Å². The van der Waals surface area contributed by atoms with Crippen LogP contribution in [0.3, 0.4) is 0 Å². The van der Waals surface area contributed by atoms with Gasteiger partial charge in [-0.15, -0.1) is 0 Å². The third kappa shape index (κ3) is 3.20. The molecular weight excluding hydrogens is 218 g/mol. The predicted octanol–water partition coefficient (Wildman–Crippen LogP) is 2.18. The molecule has 0 aromatic rings. The Labute approximate surface area is 103 Å². The first-order valence-electron chi connectivity index (χ1n) is 6.44. The summed E-state index contributed by atoms with van der Waals surface area (Å²) in [5, 5.41) is 12.1. The van der Waals surface area contributed by atoms with Crippen LogP contribution in [0.2, 0.25) is 0 Å². The van der Waals surface area contributed by atoms with Gasteiger partial charge in [-0.25, -0.2) is 4.79 Å². The summed E-state index contributed by atoms with van der Waals surface area (Å²) in [5.41, 5.74) is -1.02. The zero-order chi connectivity index (χ0) is 13.1. The van der Waals surface area contributed by atoms with Crippen LogP contribution in [0.15, 0.2) is 0 Å². The topological polar surface area (TPSA) is 66.4 Å². The molecule has 0 saturated heterocycles. The molecule has 4 heteroatoms. The van der Waals surface area contributed by atoms with Crippen molar-refractivity contribution < 1.29 is 14.7 Å². The van der Waals surface area contributed by atoms with Gasteiger partial charge in [0.25, 0.3) is 0 Å². The van der Waals surface area contributed by atoms with Crippen LogP contribution in [0.5, 0.6) is 0 Å². The monoisotopic (exact) mass is 241 g/mol. The van der Waals surface area contributed by atoms with Crippen molar-refractivity contribution in [2.24, 2.45) is 11.8 Å². The van der Waals surface area contributed by atoms with E-state index in [0.29, 0.717) is 12.8 Å². The lowest BCUT2D eigenvalue weighted by Crippen LogP contribution is -2.57. The minimum absolute atomic E-state index is 0.135. The summed E-state index contributed by atoms with van der Waals surface area (Å²) in [4.78, 5) is 23.4. The van der Waals surface area contributed by atoms with Gasteiger partial charge >= 0.3 is 5.97 Å². The van der Waals surface area contributed by atoms with Gasteiger partial charge in [-0.3, -0.25) is 4.79 Å². The number of hydrogen-bond acceptors (Lipinski definition) is 2. The number of carboxylic acids is 1. The third-order valence-corrected chi connectivity index (χ3v) is 3.89. The number of carboxylic acid groups (broad SMARTS) is 1. The maximum Gasteiger partial charge on any atom is 0.329 e. The highest BCUT2D eigenvalue weighted by molar-refractivity contribution is 5.88. The van der Waals surface area contributed by atoms with E-state index in [0.717, 1.165) is 19.3 Å².